The Balaban J connectivity index is 2.14. The molecule has 0 spiro atoms. The molecule has 0 aromatic heterocycles. The highest BCUT2D eigenvalue weighted by molar-refractivity contribution is 8.00. The average Bonchev–Trinajstić information content (AvgIpc) is 2.35. The first-order valence-electron chi connectivity index (χ1n) is 6.11. The molecular formula is C12H25NOS. The van der Waals surface area contributed by atoms with Crippen LogP contribution in [-0.4, -0.2) is 46.7 Å². The number of unbranched alkanes of at least 4 members (excludes halogenated alkanes) is 2. The Morgan fingerprint density at radius 1 is 1.20 bits per heavy atom. The molecule has 1 N–H and O–H groups in total. The van der Waals surface area contributed by atoms with E-state index in [4.69, 9.17) is 5.11 Å². The van der Waals surface area contributed by atoms with Crippen molar-refractivity contribution in [1.29, 1.82) is 0 Å². The Bertz CT molecular complexity index is 173. The highest BCUT2D eigenvalue weighted by atomic mass is 32.2. The molecule has 0 unspecified atom stereocenters. The summed E-state index contributed by atoms with van der Waals surface area (Å²) in [7, 11) is 0. The van der Waals surface area contributed by atoms with Crippen molar-refractivity contribution in [3.8, 4) is 0 Å². The smallest absolute Gasteiger partial charge is 0.0431 e. The third-order valence-electron chi connectivity index (χ3n) is 3.06. The number of aliphatic hydroxyl groups excluding tert-OH is 1. The molecule has 3 heteroatoms. The molecule has 0 aromatic carbocycles. The third-order valence-corrected chi connectivity index (χ3v) is 4.44. The highest BCUT2D eigenvalue weighted by Crippen LogP contribution is 2.30. The maximum Gasteiger partial charge on any atom is 0.0431 e. The van der Waals surface area contributed by atoms with Crippen LogP contribution in [0.15, 0.2) is 0 Å². The fraction of sp³-hybridized carbons (Fsp3) is 1.00. The summed E-state index contributed by atoms with van der Waals surface area (Å²) in [6.45, 7) is 8.77. The molecule has 0 aromatic rings. The standard InChI is InChI=1S/C12H25NOS/c1-12(2)6-8-13(9-11-15-12)7-4-3-5-10-14/h14H,3-11H2,1-2H3. The van der Waals surface area contributed by atoms with E-state index in [-0.39, 0.29) is 0 Å². The monoisotopic (exact) mass is 231 g/mol. The number of hydrogen-bond donors (Lipinski definition) is 1. The van der Waals surface area contributed by atoms with E-state index in [0.29, 0.717) is 11.4 Å². The van der Waals surface area contributed by atoms with E-state index in [1.165, 1.54) is 44.6 Å². The lowest BCUT2D eigenvalue weighted by Gasteiger charge is -2.22. The summed E-state index contributed by atoms with van der Waals surface area (Å²) in [5.41, 5.74) is 0. The van der Waals surface area contributed by atoms with Crippen LogP contribution in [0.1, 0.15) is 39.5 Å². The van der Waals surface area contributed by atoms with Crippen LogP contribution in [0.2, 0.25) is 0 Å². The minimum Gasteiger partial charge on any atom is -0.396 e. The van der Waals surface area contributed by atoms with E-state index in [1.807, 2.05) is 0 Å². The molecule has 0 aliphatic carbocycles. The van der Waals surface area contributed by atoms with E-state index in [0.717, 1.165) is 6.42 Å². The van der Waals surface area contributed by atoms with Gasteiger partial charge >= 0.3 is 0 Å². The molecule has 0 saturated carbocycles. The van der Waals surface area contributed by atoms with Gasteiger partial charge in [0, 0.05) is 23.7 Å². The van der Waals surface area contributed by atoms with Crippen LogP contribution in [0.3, 0.4) is 0 Å². The quantitative estimate of drug-likeness (QED) is 0.735. The van der Waals surface area contributed by atoms with Gasteiger partial charge in [-0.3, -0.25) is 0 Å². The van der Waals surface area contributed by atoms with Gasteiger partial charge in [-0.2, -0.15) is 11.8 Å². The molecule has 0 bridgehead atoms. The first kappa shape index (κ1) is 13.3. The van der Waals surface area contributed by atoms with Gasteiger partial charge in [0.05, 0.1) is 0 Å². The number of hydrogen-bond acceptors (Lipinski definition) is 3. The Kier molecular flexibility index (Phi) is 6.02. The molecule has 2 nitrogen and oxygen atoms in total. The first-order valence-corrected chi connectivity index (χ1v) is 7.10. The maximum atomic E-state index is 8.70. The zero-order valence-electron chi connectivity index (χ0n) is 10.2. The number of aliphatic hydroxyl groups is 1. The van der Waals surface area contributed by atoms with Crippen LogP contribution in [-0.2, 0) is 0 Å². The summed E-state index contributed by atoms with van der Waals surface area (Å²) in [4.78, 5) is 2.58. The summed E-state index contributed by atoms with van der Waals surface area (Å²) in [6, 6.07) is 0. The Hall–Kier alpha value is 0.270. The Morgan fingerprint density at radius 3 is 2.73 bits per heavy atom. The lowest BCUT2D eigenvalue weighted by atomic mass is 10.1. The van der Waals surface area contributed by atoms with Gasteiger partial charge in [0.1, 0.15) is 0 Å². The maximum absolute atomic E-state index is 8.70. The van der Waals surface area contributed by atoms with Gasteiger partial charge in [-0.25, -0.2) is 0 Å². The molecule has 1 saturated heterocycles. The predicted molar refractivity (Wildman–Crippen MR) is 68.5 cm³/mol. The molecule has 1 aliphatic heterocycles. The number of rotatable bonds is 5. The minimum atomic E-state index is 0.350. The fourth-order valence-electron chi connectivity index (χ4n) is 1.91. The SMILES string of the molecule is CC1(C)CCN(CCCCCO)CCS1. The van der Waals surface area contributed by atoms with Crippen LogP contribution < -0.4 is 0 Å². The second-order valence-electron chi connectivity index (χ2n) is 4.98. The normalized spacial score (nSPS) is 22.6. The lowest BCUT2D eigenvalue weighted by Crippen LogP contribution is -2.28. The Morgan fingerprint density at radius 2 is 2.00 bits per heavy atom. The van der Waals surface area contributed by atoms with E-state index in [2.05, 4.69) is 30.5 Å². The van der Waals surface area contributed by atoms with Gasteiger partial charge in [-0.15, -0.1) is 0 Å². The van der Waals surface area contributed by atoms with E-state index in [1.54, 1.807) is 0 Å². The van der Waals surface area contributed by atoms with Crippen molar-refractivity contribution in [1.82, 2.24) is 4.90 Å². The summed E-state index contributed by atoms with van der Waals surface area (Å²) in [5, 5.41) is 8.70. The zero-order chi connectivity index (χ0) is 11.1. The molecule has 0 atom stereocenters. The minimum absolute atomic E-state index is 0.350. The van der Waals surface area contributed by atoms with Gasteiger partial charge in [-0.05, 0) is 38.8 Å². The van der Waals surface area contributed by atoms with Crippen molar-refractivity contribution in [3.05, 3.63) is 0 Å². The molecule has 90 valence electrons. The van der Waals surface area contributed by atoms with Crippen LogP contribution >= 0.6 is 11.8 Å². The molecule has 1 fully saturated rings. The van der Waals surface area contributed by atoms with Crippen molar-refractivity contribution >= 4 is 11.8 Å². The van der Waals surface area contributed by atoms with Gasteiger partial charge in [0.2, 0.25) is 0 Å². The molecule has 0 amide bonds. The molecule has 0 radical (unpaired) electrons. The molecule has 15 heavy (non-hydrogen) atoms. The van der Waals surface area contributed by atoms with Crippen LogP contribution in [0.25, 0.3) is 0 Å². The molecular weight excluding hydrogens is 206 g/mol. The van der Waals surface area contributed by atoms with Crippen molar-refractivity contribution in [2.75, 3.05) is 32.0 Å². The second kappa shape index (κ2) is 6.77. The highest BCUT2D eigenvalue weighted by Gasteiger charge is 2.22. The van der Waals surface area contributed by atoms with Gasteiger partial charge in [0.25, 0.3) is 0 Å². The van der Waals surface area contributed by atoms with Crippen molar-refractivity contribution < 1.29 is 5.11 Å². The van der Waals surface area contributed by atoms with E-state index < -0.39 is 0 Å². The summed E-state index contributed by atoms with van der Waals surface area (Å²) in [5.74, 6) is 1.27. The Labute approximate surface area is 98.4 Å². The van der Waals surface area contributed by atoms with Crippen molar-refractivity contribution in [3.63, 3.8) is 0 Å². The summed E-state index contributed by atoms with van der Waals surface area (Å²) in [6.07, 6.45) is 4.68. The number of nitrogens with zero attached hydrogens (tertiary/aromatic N) is 1. The van der Waals surface area contributed by atoms with Gasteiger partial charge in [0.15, 0.2) is 0 Å². The van der Waals surface area contributed by atoms with Gasteiger partial charge in [-0.1, -0.05) is 13.8 Å². The van der Waals surface area contributed by atoms with E-state index in [9.17, 15) is 0 Å². The molecule has 1 heterocycles. The van der Waals surface area contributed by atoms with Crippen molar-refractivity contribution in [2.24, 2.45) is 0 Å². The van der Waals surface area contributed by atoms with E-state index >= 15 is 0 Å². The van der Waals surface area contributed by atoms with Gasteiger partial charge < -0.3 is 10.0 Å². The molecule has 1 rings (SSSR count). The first-order chi connectivity index (χ1) is 7.14. The lowest BCUT2D eigenvalue weighted by molar-refractivity contribution is 0.258. The largest absolute Gasteiger partial charge is 0.396 e. The number of thioether (sulfide) groups is 1. The summed E-state index contributed by atoms with van der Waals surface area (Å²) < 4.78 is 0.472. The third kappa shape index (κ3) is 5.79. The summed E-state index contributed by atoms with van der Waals surface area (Å²) >= 11 is 2.11. The topological polar surface area (TPSA) is 23.5 Å². The fourth-order valence-corrected chi connectivity index (χ4v) is 3.05. The second-order valence-corrected chi connectivity index (χ2v) is 6.79. The zero-order valence-corrected chi connectivity index (χ0v) is 11.0. The van der Waals surface area contributed by atoms with Crippen LogP contribution in [0.5, 0.6) is 0 Å². The van der Waals surface area contributed by atoms with Crippen LogP contribution in [0, 0.1) is 0 Å². The average molecular weight is 231 g/mol. The molecule has 1 aliphatic rings. The predicted octanol–water partition coefficient (Wildman–Crippen LogP) is 2.37. The van der Waals surface area contributed by atoms with Crippen molar-refractivity contribution in [2.45, 2.75) is 44.3 Å². The van der Waals surface area contributed by atoms with Crippen LogP contribution in [0.4, 0.5) is 0 Å².